The van der Waals surface area contributed by atoms with Gasteiger partial charge in [-0.15, -0.1) is 0 Å². The fourth-order valence-electron chi connectivity index (χ4n) is 4.00. The molecule has 0 bridgehead atoms. The molecule has 0 fully saturated rings. The van der Waals surface area contributed by atoms with Crippen LogP contribution >= 0.6 is 0 Å². The normalized spacial score (nSPS) is 17.0. The largest absolute Gasteiger partial charge is 0.385 e. The third-order valence-corrected chi connectivity index (χ3v) is 6.32. The molecule has 0 heterocycles. The first kappa shape index (κ1) is 44.7. The van der Waals surface area contributed by atoms with Crippen molar-refractivity contribution in [1.82, 2.24) is 0 Å². The Morgan fingerprint density at radius 2 is 0.894 bits per heavy atom. The minimum atomic E-state index is -8.62. The average Bonchev–Trinajstić information content (AvgIpc) is 2.88. The van der Waals surface area contributed by atoms with Gasteiger partial charge in [0.05, 0.1) is 0 Å². The minimum absolute atomic E-state index is 0.116. The second-order valence-corrected chi connectivity index (χ2v) is 12.0. The maximum atomic E-state index is 14.4. The number of alkyl halides is 16. The van der Waals surface area contributed by atoms with E-state index in [1.165, 1.54) is 20.8 Å². The van der Waals surface area contributed by atoms with E-state index in [1.54, 1.807) is 13.8 Å². The summed E-state index contributed by atoms with van der Waals surface area (Å²) in [7, 11) is 0. The summed E-state index contributed by atoms with van der Waals surface area (Å²) >= 11 is 0. The standard InChI is InChI=1S/C27H32F16O4/c1-14(2)10-19(6,46-12-16(5)44)8-9-20(7,11-15(3)4)47-13-17(45)21(30,31)23(34,35)25(38,39)27(42,43)26(40,41)24(36,37)22(32,33)18(28)29/h14-15,18H,10-13H2,1-7H3. The molecule has 0 N–H and O–H groups in total. The van der Waals surface area contributed by atoms with Gasteiger partial charge in [0.25, 0.3) is 0 Å². The van der Waals surface area contributed by atoms with Crippen LogP contribution in [0.3, 0.4) is 0 Å². The summed E-state index contributed by atoms with van der Waals surface area (Å²) in [5.41, 5.74) is -3.60. The van der Waals surface area contributed by atoms with Crippen molar-refractivity contribution in [3.8, 4) is 11.8 Å². The Morgan fingerprint density at radius 3 is 1.21 bits per heavy atom. The van der Waals surface area contributed by atoms with Gasteiger partial charge in [0.2, 0.25) is 5.78 Å². The van der Waals surface area contributed by atoms with E-state index in [2.05, 4.69) is 11.8 Å². The van der Waals surface area contributed by atoms with Crippen molar-refractivity contribution in [2.75, 3.05) is 13.2 Å². The number of ketones is 2. The van der Waals surface area contributed by atoms with Gasteiger partial charge in [-0.25, -0.2) is 8.78 Å². The van der Waals surface area contributed by atoms with Crippen molar-refractivity contribution in [2.24, 2.45) is 11.8 Å². The Hall–Kier alpha value is -2.30. The summed E-state index contributed by atoms with van der Waals surface area (Å²) in [6.45, 7) is 6.96. The van der Waals surface area contributed by atoms with Crippen LogP contribution in [0.15, 0.2) is 0 Å². The molecule has 0 radical (unpaired) electrons. The Balaban J connectivity index is 6.68. The van der Waals surface area contributed by atoms with E-state index < -0.39 is 89.8 Å². The summed E-state index contributed by atoms with van der Waals surface area (Å²) in [5, 5.41) is 0. The van der Waals surface area contributed by atoms with Gasteiger partial charge < -0.3 is 9.47 Å². The topological polar surface area (TPSA) is 52.6 Å². The van der Waals surface area contributed by atoms with Crippen LogP contribution in [0, 0.1) is 23.7 Å². The lowest BCUT2D eigenvalue weighted by Crippen LogP contribution is -2.74. The summed E-state index contributed by atoms with van der Waals surface area (Å²) in [6, 6.07) is 0. The van der Waals surface area contributed by atoms with Crippen molar-refractivity contribution in [1.29, 1.82) is 0 Å². The molecule has 0 aromatic carbocycles. The Kier molecular flexibility index (Phi) is 13.6. The van der Waals surface area contributed by atoms with Gasteiger partial charge >= 0.3 is 47.9 Å². The van der Waals surface area contributed by atoms with Crippen LogP contribution in [0.4, 0.5) is 70.2 Å². The minimum Gasteiger partial charge on any atom is -0.355 e. The molecule has 0 aliphatic rings. The lowest BCUT2D eigenvalue weighted by Gasteiger charge is -2.42. The van der Waals surface area contributed by atoms with Crippen LogP contribution < -0.4 is 0 Å². The zero-order chi connectivity index (χ0) is 38.0. The van der Waals surface area contributed by atoms with Gasteiger partial charge in [0.1, 0.15) is 24.4 Å². The Morgan fingerprint density at radius 1 is 0.574 bits per heavy atom. The van der Waals surface area contributed by atoms with Gasteiger partial charge in [0, 0.05) is 0 Å². The van der Waals surface area contributed by atoms with Crippen LogP contribution in [0.25, 0.3) is 0 Å². The van der Waals surface area contributed by atoms with Crippen LogP contribution in [0.1, 0.15) is 61.3 Å². The molecule has 2 unspecified atom stereocenters. The zero-order valence-electron chi connectivity index (χ0n) is 25.7. The number of rotatable bonds is 18. The first-order valence-electron chi connectivity index (χ1n) is 13.3. The smallest absolute Gasteiger partial charge is 0.355 e. The van der Waals surface area contributed by atoms with Crippen LogP contribution in [0.2, 0.25) is 0 Å². The van der Waals surface area contributed by atoms with Gasteiger partial charge in [0.15, 0.2) is 5.78 Å². The second-order valence-electron chi connectivity index (χ2n) is 12.0. The van der Waals surface area contributed by atoms with Gasteiger partial charge in [-0.1, -0.05) is 39.5 Å². The molecule has 0 spiro atoms. The molecule has 0 aromatic heterocycles. The molecule has 20 heteroatoms. The molecule has 0 rings (SSSR count). The van der Waals surface area contributed by atoms with Crippen molar-refractivity contribution in [3.63, 3.8) is 0 Å². The average molecular weight is 725 g/mol. The molecule has 0 saturated heterocycles. The van der Waals surface area contributed by atoms with Gasteiger partial charge in [-0.05, 0) is 45.4 Å². The molecule has 0 aliphatic heterocycles. The molecule has 0 aliphatic carbocycles. The second kappa shape index (κ2) is 14.3. The van der Waals surface area contributed by atoms with Crippen LogP contribution in [0.5, 0.6) is 0 Å². The highest BCUT2D eigenvalue weighted by Gasteiger charge is 2.94. The first-order valence-corrected chi connectivity index (χ1v) is 13.3. The number of hydrogen-bond acceptors (Lipinski definition) is 4. The van der Waals surface area contributed by atoms with Crippen LogP contribution in [-0.2, 0) is 19.1 Å². The summed E-state index contributed by atoms with van der Waals surface area (Å²) in [4.78, 5) is 23.4. The Bertz CT molecular complexity index is 1170. The van der Waals surface area contributed by atoms with E-state index in [-0.39, 0.29) is 18.8 Å². The first-order chi connectivity index (χ1) is 20.5. The molecule has 2 atom stereocenters. The van der Waals surface area contributed by atoms with E-state index in [0.717, 1.165) is 13.8 Å². The van der Waals surface area contributed by atoms with Crippen LogP contribution in [-0.4, -0.2) is 83.9 Å². The lowest BCUT2D eigenvalue weighted by atomic mass is 9.88. The van der Waals surface area contributed by atoms with Crippen molar-refractivity contribution in [3.05, 3.63) is 0 Å². The maximum Gasteiger partial charge on any atom is 0.385 e. The number of halogens is 16. The molecular formula is C27H32F16O4. The van der Waals surface area contributed by atoms with E-state index in [1.807, 2.05) is 0 Å². The number of Topliss-reactive ketones (excluding diaryl/α,β-unsaturated/α-hetero) is 2. The maximum absolute atomic E-state index is 14.4. The number of carbonyl (C=O) groups excluding carboxylic acids is 2. The third-order valence-electron chi connectivity index (χ3n) is 6.32. The summed E-state index contributed by atoms with van der Waals surface area (Å²) in [5.74, 6) is -56.4. The summed E-state index contributed by atoms with van der Waals surface area (Å²) in [6.07, 6.45) is -6.18. The SMILES string of the molecule is CC(=O)COC(C)(C#CC(C)(CC(C)C)OCC(=O)C(F)(F)C(F)(F)C(F)(F)C(F)(F)C(F)(F)C(F)(F)C(F)(F)C(F)F)CC(C)C. The molecule has 4 nitrogen and oxygen atoms in total. The van der Waals surface area contributed by atoms with Crippen molar-refractivity contribution < 1.29 is 89.3 Å². The predicted molar refractivity (Wildman–Crippen MR) is 132 cm³/mol. The molecule has 0 amide bonds. The van der Waals surface area contributed by atoms with E-state index in [0.29, 0.717) is 0 Å². The lowest BCUT2D eigenvalue weighted by molar-refractivity contribution is -0.443. The van der Waals surface area contributed by atoms with E-state index in [9.17, 15) is 79.8 Å². The number of carbonyl (C=O) groups is 2. The quantitative estimate of drug-likeness (QED) is 0.105. The molecule has 0 saturated carbocycles. The fraction of sp³-hybridized carbons (Fsp3) is 0.852. The third kappa shape index (κ3) is 8.84. The molecular weight excluding hydrogens is 692 g/mol. The van der Waals surface area contributed by atoms with Gasteiger partial charge in [-0.3, -0.25) is 9.59 Å². The van der Waals surface area contributed by atoms with Crippen molar-refractivity contribution in [2.45, 2.75) is 120 Å². The highest BCUT2D eigenvalue weighted by molar-refractivity contribution is 5.88. The Labute approximate surface area is 258 Å². The monoisotopic (exact) mass is 724 g/mol. The molecule has 0 aromatic rings. The molecule has 47 heavy (non-hydrogen) atoms. The molecule has 276 valence electrons. The summed E-state index contributed by atoms with van der Waals surface area (Å²) < 4.78 is 228. The fourth-order valence-corrected chi connectivity index (χ4v) is 4.00. The number of hydrogen-bond donors (Lipinski definition) is 0. The van der Waals surface area contributed by atoms with Gasteiger partial charge in [-0.2, -0.15) is 61.5 Å². The predicted octanol–water partition coefficient (Wildman–Crippen LogP) is 8.50. The highest BCUT2D eigenvalue weighted by atomic mass is 19.4. The van der Waals surface area contributed by atoms with Crippen molar-refractivity contribution >= 4 is 11.6 Å². The number of ether oxygens (including phenoxy) is 2. The van der Waals surface area contributed by atoms with E-state index in [4.69, 9.17) is 9.47 Å². The zero-order valence-corrected chi connectivity index (χ0v) is 25.7. The van der Waals surface area contributed by atoms with E-state index >= 15 is 0 Å². The highest BCUT2D eigenvalue weighted by Crippen LogP contribution is 2.62.